The molecule has 0 unspecified atom stereocenters. The van der Waals surface area contributed by atoms with Crippen LogP contribution < -0.4 is 10.9 Å². The number of hydrogen-bond donors (Lipinski definition) is 4. The van der Waals surface area contributed by atoms with Gasteiger partial charge in [-0.15, -0.1) is 0 Å². The van der Waals surface area contributed by atoms with Gasteiger partial charge in [0.1, 0.15) is 12.1 Å². The van der Waals surface area contributed by atoms with E-state index in [0.29, 0.717) is 0 Å². The summed E-state index contributed by atoms with van der Waals surface area (Å²) in [5.74, 6) is -0.859. The molecule has 0 saturated carbocycles. The first-order valence-electron chi connectivity index (χ1n) is 4.25. The Morgan fingerprint density at radius 2 is 2.31 bits per heavy atom. The van der Waals surface area contributed by atoms with Crippen molar-refractivity contribution in [2.24, 2.45) is 0 Å². The van der Waals surface area contributed by atoms with Gasteiger partial charge >= 0.3 is 0 Å². The molecule has 0 fully saturated rings. The van der Waals surface area contributed by atoms with E-state index in [-0.39, 0.29) is 11.5 Å². The highest BCUT2D eigenvalue weighted by Gasteiger charge is 2.12. The Labute approximate surface area is 88.4 Å². The minimum Gasteiger partial charge on any atom is -0.507 e. The molecule has 0 aromatic carbocycles. The zero-order valence-corrected chi connectivity index (χ0v) is 7.89. The second-order valence-electron chi connectivity index (χ2n) is 2.88. The lowest BCUT2D eigenvalue weighted by molar-refractivity contribution is 0.102. The summed E-state index contributed by atoms with van der Waals surface area (Å²) in [6.07, 6.45) is 2.34. The molecule has 1 amide bonds. The van der Waals surface area contributed by atoms with Gasteiger partial charge in [-0.3, -0.25) is 14.9 Å². The van der Waals surface area contributed by atoms with Crippen molar-refractivity contribution >= 4 is 11.9 Å². The number of nitrogens with zero attached hydrogens (tertiary/aromatic N) is 2. The lowest BCUT2D eigenvalue weighted by Gasteiger charge is -2.02. The molecule has 2 rings (SSSR count). The number of aromatic nitrogens is 4. The SMILES string of the molecule is O=C(Nc1ncn[nH]1)c1c[nH]c(=O)cc1O. The van der Waals surface area contributed by atoms with E-state index in [1.54, 1.807) is 0 Å². The van der Waals surface area contributed by atoms with Crippen LogP contribution in [-0.2, 0) is 0 Å². The van der Waals surface area contributed by atoms with Crippen molar-refractivity contribution in [1.29, 1.82) is 0 Å². The molecule has 2 aromatic rings. The van der Waals surface area contributed by atoms with Crippen LogP contribution in [-0.4, -0.2) is 31.2 Å². The van der Waals surface area contributed by atoms with Crippen molar-refractivity contribution < 1.29 is 9.90 Å². The summed E-state index contributed by atoms with van der Waals surface area (Å²) >= 11 is 0. The highest BCUT2D eigenvalue weighted by Crippen LogP contribution is 2.13. The predicted octanol–water partition coefficient (Wildman–Crippen LogP) is -0.549. The second-order valence-corrected chi connectivity index (χ2v) is 2.88. The first-order chi connectivity index (χ1) is 7.66. The minimum atomic E-state index is -0.606. The topological polar surface area (TPSA) is 124 Å². The van der Waals surface area contributed by atoms with E-state index >= 15 is 0 Å². The summed E-state index contributed by atoms with van der Waals surface area (Å²) in [6.45, 7) is 0. The van der Waals surface area contributed by atoms with E-state index in [9.17, 15) is 14.7 Å². The summed E-state index contributed by atoms with van der Waals surface area (Å²) in [7, 11) is 0. The van der Waals surface area contributed by atoms with Crippen LogP contribution in [0.25, 0.3) is 0 Å². The molecule has 8 heteroatoms. The van der Waals surface area contributed by atoms with Crippen LogP contribution in [0.5, 0.6) is 5.75 Å². The van der Waals surface area contributed by atoms with E-state index in [2.05, 4.69) is 25.5 Å². The van der Waals surface area contributed by atoms with Crippen molar-refractivity contribution in [3.63, 3.8) is 0 Å². The second kappa shape index (κ2) is 3.85. The molecule has 0 saturated heterocycles. The Bertz CT molecular complexity index is 559. The van der Waals surface area contributed by atoms with Crippen LogP contribution in [0.4, 0.5) is 5.95 Å². The predicted molar refractivity (Wildman–Crippen MR) is 53.1 cm³/mol. The van der Waals surface area contributed by atoms with E-state index in [1.807, 2.05) is 0 Å². The monoisotopic (exact) mass is 221 g/mol. The zero-order valence-electron chi connectivity index (χ0n) is 7.89. The molecule has 16 heavy (non-hydrogen) atoms. The average molecular weight is 221 g/mol. The molecule has 2 heterocycles. The largest absolute Gasteiger partial charge is 0.507 e. The Morgan fingerprint density at radius 1 is 1.50 bits per heavy atom. The van der Waals surface area contributed by atoms with Crippen molar-refractivity contribution in [3.05, 3.63) is 34.5 Å². The van der Waals surface area contributed by atoms with E-state index in [1.165, 1.54) is 6.33 Å². The van der Waals surface area contributed by atoms with Crippen LogP contribution in [0.2, 0.25) is 0 Å². The average Bonchev–Trinajstić information content (AvgIpc) is 2.70. The lowest BCUT2D eigenvalue weighted by atomic mass is 10.2. The van der Waals surface area contributed by atoms with Crippen LogP contribution >= 0.6 is 0 Å². The Hall–Kier alpha value is -2.64. The summed E-state index contributed by atoms with van der Waals surface area (Å²) in [5, 5.41) is 17.7. The fourth-order valence-electron chi connectivity index (χ4n) is 1.08. The summed E-state index contributed by atoms with van der Waals surface area (Å²) in [5.41, 5.74) is -0.551. The quantitative estimate of drug-likeness (QED) is 0.541. The van der Waals surface area contributed by atoms with E-state index in [0.717, 1.165) is 12.3 Å². The highest BCUT2D eigenvalue weighted by molar-refractivity contribution is 6.04. The van der Waals surface area contributed by atoms with Gasteiger partial charge in [0.25, 0.3) is 11.5 Å². The van der Waals surface area contributed by atoms with Gasteiger partial charge in [-0.1, -0.05) is 0 Å². The fourth-order valence-corrected chi connectivity index (χ4v) is 1.08. The number of anilines is 1. The molecular weight excluding hydrogens is 214 g/mol. The van der Waals surface area contributed by atoms with Crippen LogP contribution in [0.3, 0.4) is 0 Å². The Balaban J connectivity index is 2.24. The summed E-state index contributed by atoms with van der Waals surface area (Å²) in [4.78, 5) is 28.3. The summed E-state index contributed by atoms with van der Waals surface area (Å²) in [6, 6.07) is 0.912. The van der Waals surface area contributed by atoms with Gasteiger partial charge in [-0.25, -0.2) is 5.10 Å². The van der Waals surface area contributed by atoms with Crippen molar-refractivity contribution in [3.8, 4) is 5.75 Å². The standard InChI is InChI=1S/C8H7N5O3/c14-5-1-6(15)9-2-4(5)7(16)12-8-10-3-11-13-8/h1-3H,(H2,9,14,15)(H2,10,11,12,13,16). The normalized spacial score (nSPS) is 10.0. The van der Waals surface area contributed by atoms with Crippen LogP contribution in [0.1, 0.15) is 10.4 Å². The molecule has 0 spiro atoms. The number of hydrogen-bond acceptors (Lipinski definition) is 5. The first-order valence-corrected chi connectivity index (χ1v) is 4.25. The number of pyridine rings is 1. The van der Waals surface area contributed by atoms with E-state index < -0.39 is 17.2 Å². The molecule has 2 aromatic heterocycles. The maximum Gasteiger partial charge on any atom is 0.263 e. The Kier molecular flexibility index (Phi) is 2.38. The zero-order chi connectivity index (χ0) is 11.5. The van der Waals surface area contributed by atoms with E-state index in [4.69, 9.17) is 0 Å². The number of carbonyl (C=O) groups is 1. The maximum atomic E-state index is 11.6. The number of amides is 1. The van der Waals surface area contributed by atoms with Gasteiger partial charge in [0.05, 0.1) is 5.56 Å². The van der Waals surface area contributed by atoms with Crippen LogP contribution in [0, 0.1) is 0 Å². The molecular formula is C8H7N5O3. The molecule has 0 radical (unpaired) electrons. The van der Waals surface area contributed by atoms with Crippen molar-refractivity contribution in [1.82, 2.24) is 20.2 Å². The summed E-state index contributed by atoms with van der Waals surface area (Å²) < 4.78 is 0. The smallest absolute Gasteiger partial charge is 0.263 e. The van der Waals surface area contributed by atoms with Crippen molar-refractivity contribution in [2.45, 2.75) is 0 Å². The number of aromatic hydroxyl groups is 1. The molecule has 0 atom stereocenters. The fraction of sp³-hybridized carbons (Fsp3) is 0. The molecule has 0 aliphatic heterocycles. The number of carbonyl (C=O) groups excluding carboxylic acids is 1. The molecule has 0 bridgehead atoms. The molecule has 8 nitrogen and oxygen atoms in total. The highest BCUT2D eigenvalue weighted by atomic mass is 16.3. The molecule has 0 aliphatic rings. The van der Waals surface area contributed by atoms with Crippen LogP contribution in [0.15, 0.2) is 23.4 Å². The maximum absolute atomic E-state index is 11.6. The Morgan fingerprint density at radius 3 is 2.94 bits per heavy atom. The molecule has 0 aliphatic carbocycles. The van der Waals surface area contributed by atoms with Gasteiger partial charge in [0, 0.05) is 12.3 Å². The van der Waals surface area contributed by atoms with Gasteiger partial charge < -0.3 is 10.1 Å². The number of nitrogens with one attached hydrogen (secondary N) is 3. The number of aromatic amines is 2. The van der Waals surface area contributed by atoms with Gasteiger partial charge in [-0.2, -0.15) is 10.1 Å². The number of rotatable bonds is 2. The number of H-pyrrole nitrogens is 2. The third kappa shape index (κ3) is 1.90. The third-order valence-corrected chi connectivity index (χ3v) is 1.79. The van der Waals surface area contributed by atoms with Gasteiger partial charge in [-0.05, 0) is 0 Å². The van der Waals surface area contributed by atoms with Crippen molar-refractivity contribution in [2.75, 3.05) is 5.32 Å². The van der Waals surface area contributed by atoms with Gasteiger partial charge in [0.2, 0.25) is 5.95 Å². The third-order valence-electron chi connectivity index (χ3n) is 1.79. The lowest BCUT2D eigenvalue weighted by Crippen LogP contribution is -2.15. The van der Waals surface area contributed by atoms with Gasteiger partial charge in [0.15, 0.2) is 0 Å². The molecule has 4 N–H and O–H groups in total. The first kappa shape index (κ1) is 9.90. The minimum absolute atomic E-state index is 0.0593. The molecule has 82 valence electrons.